The van der Waals surface area contributed by atoms with Crippen LogP contribution in [-0.2, 0) is 6.54 Å². The highest BCUT2D eigenvalue weighted by Crippen LogP contribution is 2.29. The average Bonchev–Trinajstić information content (AvgIpc) is 2.39. The SMILES string of the molecule is COc1c(I)cc(Br)cc1CNNc1ccccc1. The van der Waals surface area contributed by atoms with Gasteiger partial charge in [0.1, 0.15) is 5.75 Å². The molecule has 0 atom stereocenters. The van der Waals surface area contributed by atoms with Crippen molar-refractivity contribution < 1.29 is 4.74 Å². The van der Waals surface area contributed by atoms with Crippen molar-refractivity contribution in [1.82, 2.24) is 5.43 Å². The van der Waals surface area contributed by atoms with Crippen molar-refractivity contribution in [1.29, 1.82) is 0 Å². The van der Waals surface area contributed by atoms with E-state index in [2.05, 4.69) is 55.4 Å². The Morgan fingerprint density at radius 2 is 1.95 bits per heavy atom. The minimum atomic E-state index is 0.674. The van der Waals surface area contributed by atoms with E-state index in [1.54, 1.807) is 7.11 Å². The quantitative estimate of drug-likeness (QED) is 0.549. The topological polar surface area (TPSA) is 33.3 Å². The van der Waals surface area contributed by atoms with Crippen LogP contribution in [0.25, 0.3) is 0 Å². The van der Waals surface area contributed by atoms with Gasteiger partial charge in [-0.1, -0.05) is 34.1 Å². The van der Waals surface area contributed by atoms with Crippen molar-refractivity contribution in [3.63, 3.8) is 0 Å². The Morgan fingerprint density at radius 1 is 1.21 bits per heavy atom. The van der Waals surface area contributed by atoms with E-state index in [9.17, 15) is 0 Å². The van der Waals surface area contributed by atoms with E-state index in [0.29, 0.717) is 6.54 Å². The first kappa shape index (κ1) is 14.6. The van der Waals surface area contributed by atoms with Crippen LogP contribution in [0.15, 0.2) is 46.9 Å². The molecule has 0 unspecified atom stereocenters. The van der Waals surface area contributed by atoms with Crippen LogP contribution >= 0.6 is 38.5 Å². The maximum Gasteiger partial charge on any atom is 0.136 e. The second kappa shape index (κ2) is 7.12. The molecule has 100 valence electrons. The molecule has 0 saturated carbocycles. The van der Waals surface area contributed by atoms with Crippen molar-refractivity contribution in [2.45, 2.75) is 6.54 Å². The molecule has 2 rings (SSSR count). The van der Waals surface area contributed by atoms with Gasteiger partial charge in [0.05, 0.1) is 10.7 Å². The van der Waals surface area contributed by atoms with Gasteiger partial charge < -0.3 is 10.2 Å². The van der Waals surface area contributed by atoms with Crippen LogP contribution in [0, 0.1) is 3.57 Å². The number of para-hydroxylation sites is 1. The number of anilines is 1. The molecule has 2 aromatic rings. The van der Waals surface area contributed by atoms with E-state index >= 15 is 0 Å². The van der Waals surface area contributed by atoms with Crippen molar-refractivity contribution >= 4 is 44.2 Å². The van der Waals surface area contributed by atoms with E-state index in [-0.39, 0.29) is 0 Å². The van der Waals surface area contributed by atoms with E-state index in [1.807, 2.05) is 36.4 Å². The monoisotopic (exact) mass is 432 g/mol. The summed E-state index contributed by atoms with van der Waals surface area (Å²) in [7, 11) is 1.69. The molecule has 0 aliphatic carbocycles. The summed E-state index contributed by atoms with van der Waals surface area (Å²) >= 11 is 5.78. The molecule has 0 aliphatic rings. The fourth-order valence-corrected chi connectivity index (χ4v) is 3.57. The molecule has 0 radical (unpaired) electrons. The predicted molar refractivity (Wildman–Crippen MR) is 90.3 cm³/mol. The van der Waals surface area contributed by atoms with Gasteiger partial charge in [0.25, 0.3) is 0 Å². The molecular formula is C14H14BrIN2O. The third-order valence-electron chi connectivity index (χ3n) is 2.57. The summed E-state index contributed by atoms with van der Waals surface area (Å²) in [5.41, 5.74) is 8.49. The molecule has 0 amide bonds. The Hall–Kier alpha value is -0.790. The Morgan fingerprint density at radius 3 is 2.63 bits per heavy atom. The second-order valence-electron chi connectivity index (χ2n) is 3.92. The summed E-state index contributed by atoms with van der Waals surface area (Å²) in [5.74, 6) is 0.908. The molecule has 0 fully saturated rings. The molecule has 0 heterocycles. The van der Waals surface area contributed by atoms with Gasteiger partial charge in [0, 0.05) is 22.3 Å². The number of hydrazine groups is 1. The smallest absolute Gasteiger partial charge is 0.136 e. The summed E-state index contributed by atoms with van der Waals surface area (Å²) in [6, 6.07) is 14.1. The lowest BCUT2D eigenvalue weighted by atomic mass is 10.2. The Balaban J connectivity index is 2.03. The van der Waals surface area contributed by atoms with Gasteiger partial charge in [-0.15, -0.1) is 0 Å². The Labute approximate surface area is 135 Å². The lowest BCUT2D eigenvalue weighted by molar-refractivity contribution is 0.405. The third kappa shape index (κ3) is 4.09. The molecule has 3 nitrogen and oxygen atoms in total. The number of hydrogen-bond donors (Lipinski definition) is 2. The predicted octanol–water partition coefficient (Wildman–Crippen LogP) is 4.18. The fraction of sp³-hybridized carbons (Fsp3) is 0.143. The van der Waals surface area contributed by atoms with E-state index in [4.69, 9.17) is 4.74 Å². The summed E-state index contributed by atoms with van der Waals surface area (Å²) in [6.45, 7) is 0.674. The molecular weight excluding hydrogens is 419 g/mol. The number of benzene rings is 2. The van der Waals surface area contributed by atoms with E-state index < -0.39 is 0 Å². The zero-order valence-electron chi connectivity index (χ0n) is 10.4. The number of rotatable bonds is 5. The van der Waals surface area contributed by atoms with E-state index in [0.717, 1.165) is 25.0 Å². The van der Waals surface area contributed by atoms with Crippen molar-refractivity contribution in [2.24, 2.45) is 0 Å². The molecule has 0 aliphatic heterocycles. The van der Waals surface area contributed by atoms with Gasteiger partial charge in [-0.2, -0.15) is 0 Å². The van der Waals surface area contributed by atoms with Crippen LogP contribution in [-0.4, -0.2) is 7.11 Å². The number of ether oxygens (including phenoxy) is 1. The molecule has 0 spiro atoms. The van der Waals surface area contributed by atoms with Crippen molar-refractivity contribution in [2.75, 3.05) is 12.5 Å². The number of halogens is 2. The summed E-state index contributed by atoms with van der Waals surface area (Å²) in [4.78, 5) is 0. The summed E-state index contributed by atoms with van der Waals surface area (Å²) in [6.07, 6.45) is 0. The van der Waals surface area contributed by atoms with Crippen LogP contribution in [0.2, 0.25) is 0 Å². The van der Waals surface area contributed by atoms with Crippen LogP contribution in [0.3, 0.4) is 0 Å². The number of methoxy groups -OCH3 is 1. The molecule has 0 bridgehead atoms. The molecule has 0 saturated heterocycles. The van der Waals surface area contributed by atoms with E-state index in [1.165, 1.54) is 0 Å². The Kier molecular flexibility index (Phi) is 5.47. The van der Waals surface area contributed by atoms with Gasteiger partial charge in [0.2, 0.25) is 0 Å². The maximum atomic E-state index is 5.44. The highest BCUT2D eigenvalue weighted by atomic mass is 127. The summed E-state index contributed by atoms with van der Waals surface area (Å²) < 4.78 is 7.58. The first-order valence-corrected chi connectivity index (χ1v) is 7.63. The Bertz CT molecular complexity index is 549. The van der Waals surface area contributed by atoms with Gasteiger partial charge >= 0.3 is 0 Å². The molecule has 2 N–H and O–H groups in total. The van der Waals surface area contributed by atoms with Crippen LogP contribution in [0.4, 0.5) is 5.69 Å². The molecule has 19 heavy (non-hydrogen) atoms. The number of nitrogens with one attached hydrogen (secondary N) is 2. The van der Waals surface area contributed by atoms with Crippen molar-refractivity contribution in [3.05, 3.63) is 56.1 Å². The first-order chi connectivity index (χ1) is 9.20. The average molecular weight is 433 g/mol. The first-order valence-electron chi connectivity index (χ1n) is 5.76. The lowest BCUT2D eigenvalue weighted by Gasteiger charge is -2.13. The standard InChI is InChI=1S/C14H14BrIN2O/c1-19-14-10(7-11(15)8-13(14)16)9-17-18-12-5-3-2-4-6-12/h2-8,17-18H,9H2,1H3. The minimum Gasteiger partial charge on any atom is -0.495 e. The molecule has 5 heteroatoms. The van der Waals surface area contributed by atoms with Crippen LogP contribution in [0.1, 0.15) is 5.56 Å². The van der Waals surface area contributed by atoms with Gasteiger partial charge in [-0.05, 0) is 46.9 Å². The zero-order chi connectivity index (χ0) is 13.7. The zero-order valence-corrected chi connectivity index (χ0v) is 14.2. The van der Waals surface area contributed by atoms with Crippen molar-refractivity contribution in [3.8, 4) is 5.75 Å². The third-order valence-corrected chi connectivity index (χ3v) is 3.83. The van der Waals surface area contributed by atoms with Crippen LogP contribution < -0.4 is 15.6 Å². The normalized spacial score (nSPS) is 10.3. The second-order valence-corrected chi connectivity index (χ2v) is 6.00. The summed E-state index contributed by atoms with van der Waals surface area (Å²) in [5, 5.41) is 0. The highest BCUT2D eigenvalue weighted by Gasteiger charge is 2.08. The largest absolute Gasteiger partial charge is 0.495 e. The van der Waals surface area contributed by atoms with Gasteiger partial charge in [-0.25, -0.2) is 5.43 Å². The molecule has 0 aromatic heterocycles. The highest BCUT2D eigenvalue weighted by molar-refractivity contribution is 14.1. The lowest BCUT2D eigenvalue weighted by Crippen LogP contribution is -2.21. The van der Waals surface area contributed by atoms with Gasteiger partial charge in [0.15, 0.2) is 0 Å². The minimum absolute atomic E-state index is 0.674. The fourth-order valence-electron chi connectivity index (χ4n) is 1.74. The molecule has 2 aromatic carbocycles. The maximum absolute atomic E-state index is 5.44. The number of hydrogen-bond acceptors (Lipinski definition) is 3. The van der Waals surface area contributed by atoms with Gasteiger partial charge in [-0.3, -0.25) is 0 Å². The van der Waals surface area contributed by atoms with Crippen LogP contribution in [0.5, 0.6) is 5.75 Å².